The smallest absolute Gasteiger partial charge is 0.240 e. The van der Waals surface area contributed by atoms with Crippen LogP contribution in [0, 0.1) is 0 Å². The number of benzene rings is 1. The monoisotopic (exact) mass is 289 g/mol. The van der Waals surface area contributed by atoms with E-state index in [2.05, 4.69) is 0 Å². The van der Waals surface area contributed by atoms with Crippen molar-refractivity contribution >= 4 is 23.0 Å². The SMILES string of the molecule is CC(C)Oc1c(C(=O)C=O)c2ccccc2n1OC(C)C. The van der Waals surface area contributed by atoms with Gasteiger partial charge in [-0.2, -0.15) is 0 Å². The molecule has 0 amide bonds. The third-order valence-electron chi connectivity index (χ3n) is 2.81. The normalized spacial score (nSPS) is 11.1. The molecule has 0 N–H and O–H groups in total. The van der Waals surface area contributed by atoms with Crippen molar-refractivity contribution in [2.45, 2.75) is 39.9 Å². The lowest BCUT2D eigenvalue weighted by Gasteiger charge is -2.17. The highest BCUT2D eigenvalue weighted by Gasteiger charge is 2.25. The number of Topliss-reactive ketones (excluding diaryl/α,β-unsaturated/α-hetero) is 1. The van der Waals surface area contributed by atoms with E-state index >= 15 is 0 Å². The lowest BCUT2D eigenvalue weighted by atomic mass is 10.1. The second kappa shape index (κ2) is 5.99. The summed E-state index contributed by atoms with van der Waals surface area (Å²) in [4.78, 5) is 28.7. The standard InChI is InChI=1S/C16H19NO4/c1-10(2)20-16-15(14(19)9-18)12-7-5-6-8-13(12)17(16)21-11(3)4/h5-11H,1-4H3. The van der Waals surface area contributed by atoms with E-state index in [9.17, 15) is 9.59 Å². The quantitative estimate of drug-likeness (QED) is 0.466. The summed E-state index contributed by atoms with van der Waals surface area (Å²) in [6.45, 7) is 7.48. The van der Waals surface area contributed by atoms with E-state index in [0.29, 0.717) is 17.2 Å². The molecule has 0 radical (unpaired) electrons. The molecule has 0 saturated heterocycles. The van der Waals surface area contributed by atoms with Crippen LogP contribution in [0.25, 0.3) is 10.9 Å². The van der Waals surface area contributed by atoms with Gasteiger partial charge in [0.25, 0.3) is 0 Å². The van der Waals surface area contributed by atoms with Crippen molar-refractivity contribution < 1.29 is 19.2 Å². The minimum Gasteiger partial charge on any atom is -0.474 e. The highest BCUT2D eigenvalue weighted by atomic mass is 16.7. The molecular formula is C16H19NO4. The van der Waals surface area contributed by atoms with Gasteiger partial charge in [0, 0.05) is 5.39 Å². The first kappa shape index (κ1) is 15.1. The minimum absolute atomic E-state index is 0.102. The largest absolute Gasteiger partial charge is 0.474 e. The zero-order valence-electron chi connectivity index (χ0n) is 12.6. The van der Waals surface area contributed by atoms with Gasteiger partial charge >= 0.3 is 0 Å². The molecule has 0 atom stereocenters. The van der Waals surface area contributed by atoms with Crippen molar-refractivity contribution in [3.8, 4) is 5.88 Å². The molecule has 5 nitrogen and oxygen atoms in total. The number of hydrogen-bond acceptors (Lipinski definition) is 4. The lowest BCUT2D eigenvalue weighted by molar-refractivity contribution is -0.104. The van der Waals surface area contributed by atoms with Crippen molar-refractivity contribution in [3.63, 3.8) is 0 Å². The number of aromatic nitrogens is 1. The van der Waals surface area contributed by atoms with Gasteiger partial charge in [-0.15, -0.1) is 4.73 Å². The van der Waals surface area contributed by atoms with Crippen LogP contribution in [0.2, 0.25) is 0 Å². The van der Waals surface area contributed by atoms with Crippen molar-refractivity contribution in [3.05, 3.63) is 29.8 Å². The number of fused-ring (bicyclic) bond motifs is 1. The van der Waals surface area contributed by atoms with Crippen LogP contribution in [0.4, 0.5) is 0 Å². The molecule has 0 bridgehead atoms. The summed E-state index contributed by atoms with van der Waals surface area (Å²) in [5, 5.41) is 0.644. The fourth-order valence-electron chi connectivity index (χ4n) is 2.13. The molecule has 1 aromatic heterocycles. The average molecular weight is 289 g/mol. The molecule has 0 aliphatic rings. The molecule has 2 rings (SSSR count). The Morgan fingerprint density at radius 1 is 1.14 bits per heavy atom. The summed E-state index contributed by atoms with van der Waals surface area (Å²) < 4.78 is 7.24. The number of aldehydes is 1. The van der Waals surface area contributed by atoms with Crippen LogP contribution in [-0.4, -0.2) is 29.0 Å². The van der Waals surface area contributed by atoms with Crippen LogP contribution in [0.15, 0.2) is 24.3 Å². The molecule has 112 valence electrons. The van der Waals surface area contributed by atoms with Gasteiger partial charge in [-0.05, 0) is 33.8 Å². The number of ketones is 1. The van der Waals surface area contributed by atoms with Crippen LogP contribution in [0.1, 0.15) is 38.1 Å². The summed E-state index contributed by atoms with van der Waals surface area (Å²) in [6, 6.07) is 7.26. The number of ether oxygens (including phenoxy) is 1. The zero-order chi connectivity index (χ0) is 15.6. The van der Waals surface area contributed by atoms with Gasteiger partial charge in [0.2, 0.25) is 11.7 Å². The van der Waals surface area contributed by atoms with Crippen LogP contribution in [-0.2, 0) is 4.79 Å². The Bertz CT molecular complexity index is 670. The Morgan fingerprint density at radius 3 is 2.38 bits per heavy atom. The van der Waals surface area contributed by atoms with Gasteiger partial charge in [0.1, 0.15) is 6.10 Å². The molecule has 0 saturated carbocycles. The number of rotatable bonds is 6. The second-order valence-electron chi connectivity index (χ2n) is 5.29. The minimum atomic E-state index is -0.618. The number of nitrogens with zero attached hydrogens (tertiary/aromatic N) is 1. The first-order valence-electron chi connectivity index (χ1n) is 6.92. The van der Waals surface area contributed by atoms with Gasteiger partial charge in [-0.1, -0.05) is 18.2 Å². The predicted octanol–water partition coefficient (Wildman–Crippen LogP) is 2.65. The van der Waals surface area contributed by atoms with Crippen LogP contribution < -0.4 is 9.57 Å². The highest BCUT2D eigenvalue weighted by Crippen LogP contribution is 2.32. The number of para-hydroxylation sites is 1. The van der Waals surface area contributed by atoms with E-state index < -0.39 is 5.78 Å². The molecule has 0 fully saturated rings. The van der Waals surface area contributed by atoms with Gasteiger partial charge in [-0.25, -0.2) is 0 Å². The Morgan fingerprint density at radius 2 is 1.81 bits per heavy atom. The zero-order valence-corrected chi connectivity index (χ0v) is 12.6. The molecule has 2 aromatic rings. The van der Waals surface area contributed by atoms with E-state index in [1.807, 2.05) is 45.9 Å². The fourth-order valence-corrected chi connectivity index (χ4v) is 2.13. The topological polar surface area (TPSA) is 57.5 Å². The van der Waals surface area contributed by atoms with Crippen LogP contribution in [0.5, 0.6) is 5.88 Å². The van der Waals surface area contributed by atoms with Crippen molar-refractivity contribution in [2.24, 2.45) is 0 Å². The highest BCUT2D eigenvalue weighted by molar-refractivity contribution is 6.37. The molecule has 1 heterocycles. The van der Waals surface area contributed by atoms with Crippen molar-refractivity contribution in [1.82, 2.24) is 4.73 Å². The molecule has 0 spiro atoms. The molecule has 1 aromatic carbocycles. The maximum atomic E-state index is 12.0. The molecular weight excluding hydrogens is 270 g/mol. The number of carbonyl (C=O) groups excluding carboxylic acids is 2. The van der Waals surface area contributed by atoms with E-state index in [-0.39, 0.29) is 23.7 Å². The van der Waals surface area contributed by atoms with Gasteiger partial charge in [0.15, 0.2) is 6.29 Å². The maximum absolute atomic E-state index is 12.0. The molecule has 0 aliphatic heterocycles. The molecule has 0 aliphatic carbocycles. The van der Waals surface area contributed by atoms with E-state index in [0.717, 1.165) is 0 Å². The van der Waals surface area contributed by atoms with E-state index in [1.165, 1.54) is 4.73 Å². The molecule has 5 heteroatoms. The third kappa shape index (κ3) is 2.91. The first-order chi connectivity index (χ1) is 9.95. The van der Waals surface area contributed by atoms with Crippen LogP contribution in [0.3, 0.4) is 0 Å². The third-order valence-corrected chi connectivity index (χ3v) is 2.81. The average Bonchev–Trinajstić information content (AvgIpc) is 2.71. The Hall–Kier alpha value is -2.30. The second-order valence-corrected chi connectivity index (χ2v) is 5.29. The number of hydrogen-bond donors (Lipinski definition) is 0. The van der Waals surface area contributed by atoms with Crippen molar-refractivity contribution in [2.75, 3.05) is 0 Å². The summed E-state index contributed by atoms with van der Waals surface area (Å²) in [7, 11) is 0. The summed E-state index contributed by atoms with van der Waals surface area (Å²) >= 11 is 0. The maximum Gasteiger partial charge on any atom is 0.240 e. The number of carbonyl (C=O) groups is 2. The first-order valence-corrected chi connectivity index (χ1v) is 6.92. The van der Waals surface area contributed by atoms with Gasteiger partial charge in [-0.3, -0.25) is 9.59 Å². The van der Waals surface area contributed by atoms with Gasteiger partial charge < -0.3 is 9.57 Å². The van der Waals surface area contributed by atoms with E-state index in [4.69, 9.17) is 9.57 Å². The molecule has 0 unspecified atom stereocenters. The summed E-state index contributed by atoms with van der Waals surface area (Å²) in [6.07, 6.45) is 0.0471. The Labute approximate surface area is 123 Å². The summed E-state index contributed by atoms with van der Waals surface area (Å²) in [5.41, 5.74) is 0.946. The summed E-state index contributed by atoms with van der Waals surface area (Å²) in [5.74, 6) is -0.343. The Kier molecular flexibility index (Phi) is 4.31. The fraction of sp³-hybridized carbons (Fsp3) is 0.375. The van der Waals surface area contributed by atoms with Gasteiger partial charge in [0.05, 0.1) is 17.2 Å². The Balaban J connectivity index is 2.77. The van der Waals surface area contributed by atoms with E-state index in [1.54, 1.807) is 6.07 Å². The predicted molar refractivity (Wildman–Crippen MR) is 79.8 cm³/mol. The lowest BCUT2D eigenvalue weighted by Crippen LogP contribution is -2.22. The molecule has 21 heavy (non-hydrogen) atoms. The van der Waals surface area contributed by atoms with Crippen LogP contribution >= 0.6 is 0 Å². The van der Waals surface area contributed by atoms with Crippen molar-refractivity contribution in [1.29, 1.82) is 0 Å².